The summed E-state index contributed by atoms with van der Waals surface area (Å²) in [6.07, 6.45) is -21.5. The fourth-order valence-electron chi connectivity index (χ4n) is 7.00. The van der Waals surface area contributed by atoms with Gasteiger partial charge in [-0.3, -0.25) is 0 Å². The molecule has 2 saturated carbocycles. The Balaban J connectivity index is 1.40. The number of ether oxygens (including phenoxy) is 5. The Bertz CT molecular complexity index is 871. The minimum absolute atomic E-state index is 0.0413. The summed E-state index contributed by atoms with van der Waals surface area (Å²) in [4.78, 5) is 0. The monoisotopic (exact) mass is 612 g/mol. The highest BCUT2D eigenvalue weighted by atomic mass is 16.8. The first kappa shape index (κ1) is 32.7. The van der Waals surface area contributed by atoms with Gasteiger partial charge in [-0.15, -0.1) is 0 Å². The number of hydrogen-bond acceptors (Lipinski definition) is 16. The van der Waals surface area contributed by atoms with Gasteiger partial charge in [0, 0.05) is 5.92 Å². The summed E-state index contributed by atoms with van der Waals surface area (Å²) in [5, 5.41) is 113. The Labute approximate surface area is 241 Å². The molecular formula is C26H44O16. The lowest BCUT2D eigenvalue weighted by Gasteiger charge is -2.52. The van der Waals surface area contributed by atoms with Gasteiger partial charge in [-0.1, -0.05) is 0 Å². The van der Waals surface area contributed by atoms with E-state index in [1.807, 2.05) is 0 Å². The molecule has 17 unspecified atom stereocenters. The molecular weight excluding hydrogens is 568 g/mol. The summed E-state index contributed by atoms with van der Waals surface area (Å²) in [7, 11) is 0. The van der Waals surface area contributed by atoms with E-state index in [0.717, 1.165) is 0 Å². The van der Waals surface area contributed by atoms with Crippen molar-refractivity contribution >= 4 is 0 Å². The minimum Gasteiger partial charge on any atom is -0.394 e. The van der Waals surface area contributed by atoms with E-state index in [2.05, 4.69) is 0 Å². The third-order valence-electron chi connectivity index (χ3n) is 9.41. The van der Waals surface area contributed by atoms with Crippen LogP contribution in [0.4, 0.5) is 0 Å². The summed E-state index contributed by atoms with van der Waals surface area (Å²) in [5.41, 5.74) is 0. The fourth-order valence-corrected chi connectivity index (χ4v) is 7.00. The SMILES string of the molecule is OCC1OC(OC2CC3C(O)CC(O)CC3OC2C2CC(O)C(O)C(O)C2)C(OC2OCC(O)C(O)C2O)C(O)C1O. The van der Waals surface area contributed by atoms with Crippen LogP contribution in [0.3, 0.4) is 0 Å². The van der Waals surface area contributed by atoms with Gasteiger partial charge in [0.15, 0.2) is 12.6 Å². The van der Waals surface area contributed by atoms with Gasteiger partial charge in [0.1, 0.15) is 48.8 Å². The van der Waals surface area contributed by atoms with Gasteiger partial charge < -0.3 is 79.9 Å². The third-order valence-corrected chi connectivity index (χ3v) is 9.41. The molecule has 16 nitrogen and oxygen atoms in total. The van der Waals surface area contributed by atoms with E-state index in [-0.39, 0.29) is 32.1 Å². The van der Waals surface area contributed by atoms with Crippen molar-refractivity contribution in [3.8, 4) is 0 Å². The number of fused-ring (bicyclic) bond motifs is 1. The second kappa shape index (κ2) is 13.4. The van der Waals surface area contributed by atoms with E-state index in [9.17, 15) is 56.2 Å². The molecule has 0 bridgehead atoms. The Hall–Kier alpha value is -0.640. The van der Waals surface area contributed by atoms with Crippen molar-refractivity contribution in [2.75, 3.05) is 13.2 Å². The lowest BCUT2D eigenvalue weighted by molar-refractivity contribution is -0.371. The lowest BCUT2D eigenvalue weighted by Crippen LogP contribution is -2.65. The zero-order valence-electron chi connectivity index (χ0n) is 22.9. The van der Waals surface area contributed by atoms with Crippen LogP contribution in [0.5, 0.6) is 0 Å². The Morgan fingerprint density at radius 2 is 1.29 bits per heavy atom. The zero-order chi connectivity index (χ0) is 30.5. The molecule has 5 fully saturated rings. The minimum atomic E-state index is -1.74. The van der Waals surface area contributed by atoms with Crippen LogP contribution in [-0.2, 0) is 23.7 Å². The Kier molecular flexibility index (Phi) is 10.4. The number of aliphatic hydroxyl groups excluding tert-OH is 11. The van der Waals surface area contributed by atoms with Crippen LogP contribution >= 0.6 is 0 Å². The quantitative estimate of drug-likeness (QED) is 0.133. The number of hydrogen-bond donors (Lipinski definition) is 11. The molecule has 11 N–H and O–H groups in total. The lowest BCUT2D eigenvalue weighted by atomic mass is 9.72. The predicted molar refractivity (Wildman–Crippen MR) is 134 cm³/mol. The summed E-state index contributed by atoms with van der Waals surface area (Å²) in [5.74, 6) is -1.03. The molecule has 3 heterocycles. The van der Waals surface area contributed by atoms with Crippen LogP contribution in [0.1, 0.15) is 32.1 Å². The first-order valence-electron chi connectivity index (χ1n) is 14.5. The van der Waals surface area contributed by atoms with Crippen LogP contribution in [0.2, 0.25) is 0 Å². The molecule has 0 radical (unpaired) electrons. The molecule has 3 aliphatic heterocycles. The first-order valence-corrected chi connectivity index (χ1v) is 14.5. The summed E-state index contributed by atoms with van der Waals surface area (Å²) < 4.78 is 29.5. The number of aliphatic hydroxyl groups is 11. The molecule has 3 saturated heterocycles. The predicted octanol–water partition coefficient (Wildman–Crippen LogP) is -5.58. The highest BCUT2D eigenvalue weighted by molar-refractivity contribution is 5.00. The second-order valence-electron chi connectivity index (χ2n) is 12.3. The molecule has 2 aliphatic carbocycles. The van der Waals surface area contributed by atoms with Crippen molar-refractivity contribution < 1.29 is 79.9 Å². The molecule has 0 aromatic carbocycles. The fraction of sp³-hybridized carbons (Fsp3) is 1.00. The Morgan fingerprint density at radius 3 is 1.95 bits per heavy atom. The molecule has 16 heteroatoms. The first-order chi connectivity index (χ1) is 19.9. The van der Waals surface area contributed by atoms with Crippen LogP contribution < -0.4 is 0 Å². The van der Waals surface area contributed by atoms with Crippen LogP contribution in [-0.4, -0.2) is 174 Å². The van der Waals surface area contributed by atoms with Crippen molar-refractivity contribution in [2.24, 2.45) is 11.8 Å². The smallest absolute Gasteiger partial charge is 0.187 e. The molecule has 17 atom stereocenters. The van der Waals surface area contributed by atoms with Crippen molar-refractivity contribution in [1.82, 2.24) is 0 Å². The highest BCUT2D eigenvalue weighted by Gasteiger charge is 2.54. The molecule has 0 aromatic heterocycles. The molecule has 42 heavy (non-hydrogen) atoms. The van der Waals surface area contributed by atoms with E-state index in [1.54, 1.807) is 0 Å². The normalized spacial score (nSPS) is 55.6. The molecule has 0 spiro atoms. The van der Waals surface area contributed by atoms with Crippen molar-refractivity contribution in [3.05, 3.63) is 0 Å². The molecule has 5 rings (SSSR count). The van der Waals surface area contributed by atoms with Gasteiger partial charge in [0.25, 0.3) is 0 Å². The van der Waals surface area contributed by atoms with Gasteiger partial charge in [0.05, 0.1) is 55.9 Å². The van der Waals surface area contributed by atoms with Gasteiger partial charge in [-0.2, -0.15) is 0 Å². The average molecular weight is 613 g/mol. The third kappa shape index (κ3) is 6.50. The highest BCUT2D eigenvalue weighted by Crippen LogP contribution is 2.43. The summed E-state index contributed by atoms with van der Waals surface area (Å²) in [6.45, 7) is -1.10. The summed E-state index contributed by atoms with van der Waals surface area (Å²) in [6, 6.07) is 0. The largest absolute Gasteiger partial charge is 0.394 e. The van der Waals surface area contributed by atoms with Gasteiger partial charge >= 0.3 is 0 Å². The maximum atomic E-state index is 11.0. The van der Waals surface area contributed by atoms with Crippen LogP contribution in [0.15, 0.2) is 0 Å². The maximum absolute atomic E-state index is 11.0. The van der Waals surface area contributed by atoms with Gasteiger partial charge in [-0.25, -0.2) is 0 Å². The molecule has 0 aromatic rings. The van der Waals surface area contributed by atoms with E-state index in [0.29, 0.717) is 0 Å². The Morgan fingerprint density at radius 1 is 0.595 bits per heavy atom. The summed E-state index contributed by atoms with van der Waals surface area (Å²) >= 11 is 0. The maximum Gasteiger partial charge on any atom is 0.187 e. The van der Waals surface area contributed by atoms with Crippen LogP contribution in [0, 0.1) is 11.8 Å². The van der Waals surface area contributed by atoms with Gasteiger partial charge in [0.2, 0.25) is 0 Å². The standard InChI is InChI=1S/C26H44O16/c27-6-17-20(35)21(36)24(42-25-22(37)19(34)14(32)7-38-25)26(41-17)40-16-5-10-11(29)3-9(28)4-15(10)39-23(16)8-1-12(30)18(33)13(31)2-8/h8-37H,1-7H2. The van der Waals surface area contributed by atoms with E-state index in [1.165, 1.54) is 0 Å². The molecule has 0 amide bonds. The van der Waals surface area contributed by atoms with Crippen molar-refractivity contribution in [2.45, 2.75) is 136 Å². The zero-order valence-corrected chi connectivity index (χ0v) is 22.9. The van der Waals surface area contributed by atoms with Gasteiger partial charge in [-0.05, 0) is 38.0 Å². The van der Waals surface area contributed by atoms with E-state index in [4.69, 9.17) is 23.7 Å². The molecule has 244 valence electrons. The van der Waals surface area contributed by atoms with E-state index < -0.39 is 129 Å². The average Bonchev–Trinajstić information content (AvgIpc) is 2.95. The topological polar surface area (TPSA) is 269 Å². The van der Waals surface area contributed by atoms with Crippen LogP contribution in [0.25, 0.3) is 0 Å². The van der Waals surface area contributed by atoms with Crippen molar-refractivity contribution in [1.29, 1.82) is 0 Å². The second-order valence-corrected chi connectivity index (χ2v) is 12.3. The van der Waals surface area contributed by atoms with Crippen molar-refractivity contribution in [3.63, 3.8) is 0 Å². The number of rotatable bonds is 6. The van der Waals surface area contributed by atoms with E-state index >= 15 is 0 Å². The molecule has 5 aliphatic rings.